The fourth-order valence-electron chi connectivity index (χ4n) is 4.13. The van der Waals surface area contributed by atoms with Crippen LogP contribution >= 0.6 is 0 Å². The van der Waals surface area contributed by atoms with Crippen LogP contribution in [0.1, 0.15) is 34.0 Å². The average Bonchev–Trinajstić information content (AvgIpc) is 3.24. The number of ether oxygens (including phenoxy) is 1. The molecule has 1 unspecified atom stereocenters. The summed E-state index contributed by atoms with van der Waals surface area (Å²) in [6.45, 7) is 4.53. The van der Waals surface area contributed by atoms with Crippen molar-refractivity contribution in [2.45, 2.75) is 26.4 Å². The van der Waals surface area contributed by atoms with Crippen LogP contribution < -0.4 is 9.46 Å². The van der Waals surface area contributed by atoms with Crippen LogP contribution in [-0.2, 0) is 24.0 Å². The lowest BCUT2D eigenvalue weighted by molar-refractivity contribution is 0.306. The molecule has 0 radical (unpaired) electrons. The van der Waals surface area contributed by atoms with Crippen molar-refractivity contribution in [1.29, 1.82) is 0 Å². The zero-order chi connectivity index (χ0) is 25.0. The molecule has 0 saturated carbocycles. The molecule has 3 aromatic carbocycles. The van der Waals surface area contributed by atoms with Gasteiger partial charge in [0.1, 0.15) is 12.4 Å². The van der Waals surface area contributed by atoms with Gasteiger partial charge in [0, 0.05) is 13.6 Å². The van der Waals surface area contributed by atoms with Crippen LogP contribution in [0.4, 0.5) is 0 Å². The van der Waals surface area contributed by atoms with Crippen LogP contribution in [0.2, 0.25) is 0 Å². The second-order valence-corrected chi connectivity index (χ2v) is 9.60. The molecule has 35 heavy (non-hydrogen) atoms. The van der Waals surface area contributed by atoms with Crippen molar-refractivity contribution >= 4 is 10.3 Å². The summed E-state index contributed by atoms with van der Waals surface area (Å²) in [5, 5.41) is 11.4. The summed E-state index contributed by atoms with van der Waals surface area (Å²) in [5.74, 6) is 0.627. The van der Waals surface area contributed by atoms with Crippen molar-refractivity contribution < 1.29 is 17.7 Å². The highest BCUT2D eigenvalue weighted by atomic mass is 32.2. The van der Waals surface area contributed by atoms with Crippen LogP contribution in [0.3, 0.4) is 0 Å². The first-order chi connectivity index (χ1) is 16.7. The van der Waals surface area contributed by atoms with Crippen molar-refractivity contribution in [2.75, 3.05) is 6.54 Å². The van der Waals surface area contributed by atoms with E-state index in [1.807, 2.05) is 36.4 Å². The summed E-state index contributed by atoms with van der Waals surface area (Å²) in [6.07, 6.45) is 0. The Morgan fingerprint density at radius 1 is 1.03 bits per heavy atom. The first kappa shape index (κ1) is 24.5. The second kappa shape index (κ2) is 10.3. The molecule has 2 N–H and O–H groups in total. The summed E-state index contributed by atoms with van der Waals surface area (Å²) in [5.41, 5.74) is 6.67. The SMILES string of the molecule is Cc1cccc(C)c1-c1cccc(COc2ccc(C(CNS(=O)(=O)O)c3nnnn3C)cc2)c1. The third-order valence-electron chi connectivity index (χ3n) is 5.82. The topological polar surface area (TPSA) is 119 Å². The third-order valence-corrected chi connectivity index (χ3v) is 6.35. The number of hydrogen-bond acceptors (Lipinski definition) is 6. The molecule has 1 atom stereocenters. The quantitative estimate of drug-likeness (QED) is 0.342. The molecule has 0 bridgehead atoms. The molecule has 10 heteroatoms. The van der Waals surface area contributed by atoms with E-state index >= 15 is 0 Å². The lowest BCUT2D eigenvalue weighted by Gasteiger charge is -2.16. The van der Waals surface area contributed by atoms with E-state index in [-0.39, 0.29) is 6.54 Å². The highest BCUT2D eigenvalue weighted by Gasteiger charge is 2.22. The average molecular weight is 494 g/mol. The van der Waals surface area contributed by atoms with E-state index < -0.39 is 16.2 Å². The molecule has 4 aromatic rings. The van der Waals surface area contributed by atoms with E-state index in [1.165, 1.54) is 21.4 Å². The predicted molar refractivity (Wildman–Crippen MR) is 132 cm³/mol. The van der Waals surface area contributed by atoms with Crippen molar-refractivity contribution in [3.05, 3.63) is 94.8 Å². The standard InChI is InChI=1S/C25H27N5O4S/c1-17-6-4-7-18(2)24(17)21-9-5-8-19(14-21)16-34-22-12-10-20(11-13-22)23(15-26-35(31,32)33)25-27-28-29-30(25)3/h4-14,23,26H,15-16H2,1-3H3,(H,31,32,33). The van der Waals surface area contributed by atoms with Gasteiger partial charge in [-0.1, -0.05) is 48.5 Å². The van der Waals surface area contributed by atoms with Gasteiger partial charge in [-0.2, -0.15) is 13.1 Å². The van der Waals surface area contributed by atoms with Crippen molar-refractivity contribution in [3.8, 4) is 16.9 Å². The number of tetrazole rings is 1. The van der Waals surface area contributed by atoms with Crippen LogP contribution in [0.15, 0.2) is 66.7 Å². The van der Waals surface area contributed by atoms with Crippen LogP contribution in [0.25, 0.3) is 11.1 Å². The summed E-state index contributed by atoms with van der Waals surface area (Å²) in [6, 6.07) is 21.9. The van der Waals surface area contributed by atoms with E-state index in [4.69, 9.17) is 9.29 Å². The Morgan fingerprint density at radius 3 is 2.34 bits per heavy atom. The zero-order valence-corrected chi connectivity index (χ0v) is 20.5. The Bertz CT molecular complexity index is 1400. The number of benzene rings is 3. The minimum atomic E-state index is -4.36. The minimum Gasteiger partial charge on any atom is -0.489 e. The fourth-order valence-corrected chi connectivity index (χ4v) is 4.51. The first-order valence-electron chi connectivity index (χ1n) is 11.0. The van der Waals surface area contributed by atoms with Gasteiger partial charge in [-0.3, -0.25) is 4.55 Å². The molecule has 0 saturated heterocycles. The fraction of sp³-hybridized carbons (Fsp3) is 0.240. The van der Waals surface area contributed by atoms with E-state index in [2.05, 4.69) is 64.4 Å². The van der Waals surface area contributed by atoms with Gasteiger partial charge in [0.15, 0.2) is 5.82 Å². The maximum atomic E-state index is 11.2. The van der Waals surface area contributed by atoms with Crippen LogP contribution in [-0.4, -0.2) is 39.7 Å². The Labute approximate surface area is 204 Å². The van der Waals surface area contributed by atoms with Crippen molar-refractivity contribution in [3.63, 3.8) is 0 Å². The Kier molecular flexibility index (Phi) is 7.25. The van der Waals surface area contributed by atoms with Gasteiger partial charge in [0.05, 0.1) is 5.92 Å². The minimum absolute atomic E-state index is 0.0988. The number of aryl methyl sites for hydroxylation is 3. The van der Waals surface area contributed by atoms with Gasteiger partial charge in [-0.15, -0.1) is 5.10 Å². The summed E-state index contributed by atoms with van der Waals surface area (Å²) in [7, 11) is -2.69. The van der Waals surface area contributed by atoms with E-state index in [0.29, 0.717) is 18.2 Å². The predicted octanol–water partition coefficient (Wildman–Crippen LogP) is 3.60. The molecule has 4 rings (SSSR count). The number of aromatic nitrogens is 4. The molecular formula is C25H27N5O4S. The van der Waals surface area contributed by atoms with Crippen molar-refractivity contribution in [2.24, 2.45) is 7.05 Å². The molecular weight excluding hydrogens is 466 g/mol. The van der Waals surface area contributed by atoms with E-state index in [0.717, 1.165) is 16.7 Å². The maximum Gasteiger partial charge on any atom is 0.333 e. The molecule has 0 amide bonds. The van der Waals surface area contributed by atoms with Gasteiger partial charge in [0.2, 0.25) is 0 Å². The molecule has 0 aliphatic carbocycles. The van der Waals surface area contributed by atoms with E-state index in [9.17, 15) is 8.42 Å². The normalized spacial score (nSPS) is 12.5. The van der Waals surface area contributed by atoms with Gasteiger partial charge in [0.25, 0.3) is 0 Å². The number of nitrogens with zero attached hydrogens (tertiary/aromatic N) is 4. The highest BCUT2D eigenvalue weighted by molar-refractivity contribution is 7.83. The van der Waals surface area contributed by atoms with Crippen LogP contribution in [0, 0.1) is 13.8 Å². The number of rotatable bonds is 9. The van der Waals surface area contributed by atoms with E-state index in [1.54, 1.807) is 7.05 Å². The van der Waals surface area contributed by atoms with Crippen LogP contribution in [0.5, 0.6) is 5.75 Å². The van der Waals surface area contributed by atoms with Gasteiger partial charge < -0.3 is 4.74 Å². The number of nitrogens with one attached hydrogen (secondary N) is 1. The Hall–Kier alpha value is -3.60. The molecule has 0 aliphatic rings. The molecule has 1 heterocycles. The lowest BCUT2D eigenvalue weighted by atomic mass is 9.95. The van der Waals surface area contributed by atoms with Gasteiger partial charge >= 0.3 is 10.3 Å². The molecule has 9 nitrogen and oxygen atoms in total. The maximum absolute atomic E-state index is 11.2. The molecule has 182 valence electrons. The third kappa shape index (κ3) is 6.10. The second-order valence-electron chi connectivity index (χ2n) is 8.36. The lowest BCUT2D eigenvalue weighted by Crippen LogP contribution is -2.29. The summed E-state index contributed by atoms with van der Waals surface area (Å²) < 4.78 is 41.1. The largest absolute Gasteiger partial charge is 0.489 e. The summed E-state index contributed by atoms with van der Waals surface area (Å²) >= 11 is 0. The Balaban J connectivity index is 1.49. The first-order valence-corrected chi connectivity index (χ1v) is 12.5. The Morgan fingerprint density at radius 2 is 1.71 bits per heavy atom. The molecule has 0 spiro atoms. The monoisotopic (exact) mass is 493 g/mol. The zero-order valence-electron chi connectivity index (χ0n) is 19.7. The van der Waals surface area contributed by atoms with Crippen molar-refractivity contribution in [1.82, 2.24) is 24.9 Å². The van der Waals surface area contributed by atoms with Gasteiger partial charge in [-0.25, -0.2) is 4.68 Å². The summed E-state index contributed by atoms with van der Waals surface area (Å²) in [4.78, 5) is 0. The van der Waals surface area contributed by atoms with Gasteiger partial charge in [-0.05, 0) is 75.9 Å². The molecule has 1 aromatic heterocycles. The molecule has 0 aliphatic heterocycles. The number of hydrogen-bond donors (Lipinski definition) is 2. The highest BCUT2D eigenvalue weighted by Crippen LogP contribution is 2.28. The molecule has 0 fully saturated rings. The smallest absolute Gasteiger partial charge is 0.333 e.